The highest BCUT2D eigenvalue weighted by Crippen LogP contribution is 2.23. The van der Waals surface area contributed by atoms with Gasteiger partial charge in [-0.25, -0.2) is 0 Å². The van der Waals surface area contributed by atoms with Crippen LogP contribution in [0.3, 0.4) is 0 Å². The van der Waals surface area contributed by atoms with Gasteiger partial charge in [0.05, 0.1) is 19.5 Å². The van der Waals surface area contributed by atoms with Crippen LogP contribution in [0.25, 0.3) is 0 Å². The van der Waals surface area contributed by atoms with Crippen molar-refractivity contribution in [2.75, 3.05) is 7.11 Å². The molecule has 2 aromatic rings. The van der Waals surface area contributed by atoms with Crippen molar-refractivity contribution >= 4 is 0 Å². The zero-order valence-electron chi connectivity index (χ0n) is 10.0. The molecule has 0 aliphatic heterocycles. The average Bonchev–Trinajstić information content (AvgIpc) is 2.76. The second-order valence-corrected chi connectivity index (χ2v) is 4.00. The normalized spacial score (nSPS) is 12.4. The van der Waals surface area contributed by atoms with Crippen LogP contribution < -0.4 is 4.74 Å². The van der Waals surface area contributed by atoms with E-state index in [-0.39, 0.29) is 0 Å². The van der Waals surface area contributed by atoms with E-state index in [4.69, 9.17) is 9.15 Å². The molecule has 1 unspecified atom stereocenters. The summed E-state index contributed by atoms with van der Waals surface area (Å²) >= 11 is 0. The summed E-state index contributed by atoms with van der Waals surface area (Å²) in [5, 5.41) is 10.1. The maximum absolute atomic E-state index is 10.1. The smallest absolute Gasteiger partial charge is 0.118 e. The van der Waals surface area contributed by atoms with Gasteiger partial charge in [-0.1, -0.05) is 12.1 Å². The molecule has 1 atom stereocenters. The molecule has 0 fully saturated rings. The number of furan rings is 1. The van der Waals surface area contributed by atoms with E-state index in [1.54, 1.807) is 13.4 Å². The number of ether oxygens (including phenoxy) is 1. The van der Waals surface area contributed by atoms with Gasteiger partial charge in [-0.3, -0.25) is 0 Å². The lowest BCUT2D eigenvalue weighted by Crippen LogP contribution is -2.01. The minimum Gasteiger partial charge on any atom is -0.497 e. The lowest BCUT2D eigenvalue weighted by Gasteiger charge is -2.10. The molecule has 2 rings (SSSR count). The number of methoxy groups -OCH3 is 1. The first kappa shape index (κ1) is 11.7. The Kier molecular flexibility index (Phi) is 3.49. The van der Waals surface area contributed by atoms with E-state index in [9.17, 15) is 5.11 Å². The van der Waals surface area contributed by atoms with Gasteiger partial charge < -0.3 is 14.3 Å². The average molecular weight is 232 g/mol. The van der Waals surface area contributed by atoms with Crippen molar-refractivity contribution < 1.29 is 14.3 Å². The highest BCUT2D eigenvalue weighted by molar-refractivity contribution is 5.29. The molecule has 3 heteroatoms. The van der Waals surface area contributed by atoms with Gasteiger partial charge in [-0.15, -0.1) is 0 Å². The molecule has 0 aliphatic carbocycles. The van der Waals surface area contributed by atoms with Crippen LogP contribution in [0.1, 0.15) is 23.0 Å². The van der Waals surface area contributed by atoms with Crippen LogP contribution in [0.5, 0.6) is 5.75 Å². The number of aliphatic hydroxyl groups excluding tert-OH is 1. The molecule has 0 saturated heterocycles. The molecule has 90 valence electrons. The van der Waals surface area contributed by atoms with Crippen molar-refractivity contribution in [2.24, 2.45) is 0 Å². The third-order valence-electron chi connectivity index (χ3n) is 2.85. The molecular weight excluding hydrogens is 216 g/mol. The second kappa shape index (κ2) is 5.06. The number of benzene rings is 1. The number of aliphatic hydroxyl groups is 1. The van der Waals surface area contributed by atoms with Crippen molar-refractivity contribution in [1.29, 1.82) is 0 Å². The van der Waals surface area contributed by atoms with E-state index in [1.807, 2.05) is 37.3 Å². The van der Waals surface area contributed by atoms with Crippen molar-refractivity contribution in [1.82, 2.24) is 0 Å². The fourth-order valence-corrected chi connectivity index (χ4v) is 1.84. The predicted molar refractivity (Wildman–Crippen MR) is 65.1 cm³/mol. The molecular formula is C14H16O3. The van der Waals surface area contributed by atoms with Crippen LogP contribution in [0.4, 0.5) is 0 Å². The summed E-state index contributed by atoms with van der Waals surface area (Å²) < 4.78 is 10.3. The maximum atomic E-state index is 10.1. The molecule has 0 amide bonds. The van der Waals surface area contributed by atoms with Crippen molar-refractivity contribution in [3.63, 3.8) is 0 Å². The molecule has 0 aliphatic rings. The lowest BCUT2D eigenvalue weighted by molar-refractivity contribution is 0.176. The highest BCUT2D eigenvalue weighted by Gasteiger charge is 2.13. The fraction of sp³-hybridized carbons (Fsp3) is 0.286. The van der Waals surface area contributed by atoms with Gasteiger partial charge in [0.2, 0.25) is 0 Å². The van der Waals surface area contributed by atoms with E-state index < -0.39 is 6.10 Å². The molecule has 0 radical (unpaired) electrons. The summed E-state index contributed by atoms with van der Waals surface area (Å²) in [4.78, 5) is 0. The van der Waals surface area contributed by atoms with Crippen molar-refractivity contribution in [2.45, 2.75) is 19.4 Å². The summed E-state index contributed by atoms with van der Waals surface area (Å²) in [6.45, 7) is 1.85. The third-order valence-corrected chi connectivity index (χ3v) is 2.85. The van der Waals surface area contributed by atoms with Gasteiger partial charge in [-0.05, 0) is 30.7 Å². The Labute approximate surface area is 101 Å². The van der Waals surface area contributed by atoms with Crippen LogP contribution in [-0.2, 0) is 6.42 Å². The molecule has 17 heavy (non-hydrogen) atoms. The molecule has 1 aromatic heterocycles. The first-order chi connectivity index (χ1) is 8.20. The van der Waals surface area contributed by atoms with Crippen LogP contribution in [-0.4, -0.2) is 12.2 Å². The lowest BCUT2D eigenvalue weighted by atomic mass is 10.0. The Balaban J connectivity index is 2.07. The largest absolute Gasteiger partial charge is 0.497 e. The molecule has 1 aromatic carbocycles. The first-order valence-corrected chi connectivity index (χ1v) is 5.55. The quantitative estimate of drug-likeness (QED) is 0.881. The molecule has 0 saturated carbocycles. The summed E-state index contributed by atoms with van der Waals surface area (Å²) in [5.74, 6) is 1.59. The fourth-order valence-electron chi connectivity index (χ4n) is 1.84. The van der Waals surface area contributed by atoms with Gasteiger partial charge in [0, 0.05) is 12.0 Å². The van der Waals surface area contributed by atoms with E-state index in [0.29, 0.717) is 6.42 Å². The zero-order chi connectivity index (χ0) is 12.3. The third kappa shape index (κ3) is 2.68. The summed E-state index contributed by atoms with van der Waals surface area (Å²) in [6.07, 6.45) is 1.65. The monoisotopic (exact) mass is 232 g/mol. The van der Waals surface area contributed by atoms with E-state index in [2.05, 4.69) is 0 Å². The number of hydrogen-bond donors (Lipinski definition) is 1. The second-order valence-electron chi connectivity index (χ2n) is 4.00. The predicted octanol–water partition coefficient (Wildman–Crippen LogP) is 2.87. The summed E-state index contributed by atoms with van der Waals surface area (Å²) in [5.41, 5.74) is 1.92. The Morgan fingerprint density at radius 2 is 1.94 bits per heavy atom. The van der Waals surface area contributed by atoms with Gasteiger partial charge >= 0.3 is 0 Å². The van der Waals surface area contributed by atoms with E-state index in [1.165, 1.54) is 0 Å². The number of aryl methyl sites for hydroxylation is 1. The van der Waals surface area contributed by atoms with E-state index in [0.717, 1.165) is 22.6 Å². The maximum Gasteiger partial charge on any atom is 0.118 e. The van der Waals surface area contributed by atoms with Gasteiger partial charge in [0.1, 0.15) is 11.5 Å². The Morgan fingerprint density at radius 3 is 2.47 bits per heavy atom. The van der Waals surface area contributed by atoms with Crippen LogP contribution in [0.15, 0.2) is 41.0 Å². The van der Waals surface area contributed by atoms with Crippen LogP contribution in [0, 0.1) is 6.92 Å². The minimum atomic E-state index is -0.526. The van der Waals surface area contributed by atoms with Crippen molar-refractivity contribution in [3.05, 3.63) is 53.5 Å². The molecule has 1 heterocycles. The van der Waals surface area contributed by atoms with Crippen molar-refractivity contribution in [3.8, 4) is 5.75 Å². The van der Waals surface area contributed by atoms with Gasteiger partial charge in [0.15, 0.2) is 0 Å². The SMILES string of the molecule is COc1ccc(CC(O)c2ccoc2C)cc1. The Hall–Kier alpha value is -1.74. The molecule has 0 bridgehead atoms. The van der Waals surface area contributed by atoms with Gasteiger partial charge in [0.25, 0.3) is 0 Å². The highest BCUT2D eigenvalue weighted by atomic mass is 16.5. The summed E-state index contributed by atoms with van der Waals surface area (Å²) in [7, 11) is 1.64. The molecule has 1 N–H and O–H groups in total. The topological polar surface area (TPSA) is 42.6 Å². The number of hydrogen-bond acceptors (Lipinski definition) is 3. The first-order valence-electron chi connectivity index (χ1n) is 5.55. The van der Waals surface area contributed by atoms with Gasteiger partial charge in [-0.2, -0.15) is 0 Å². The zero-order valence-corrected chi connectivity index (χ0v) is 10.0. The standard InChI is InChI=1S/C14H16O3/c1-10-13(7-8-17-10)14(15)9-11-3-5-12(16-2)6-4-11/h3-8,14-15H,9H2,1-2H3. The van der Waals surface area contributed by atoms with Crippen LogP contribution in [0.2, 0.25) is 0 Å². The Bertz CT molecular complexity index is 470. The minimum absolute atomic E-state index is 0.526. The Morgan fingerprint density at radius 1 is 1.24 bits per heavy atom. The number of rotatable bonds is 4. The van der Waals surface area contributed by atoms with Crippen LogP contribution >= 0.6 is 0 Å². The summed E-state index contributed by atoms with van der Waals surface area (Å²) in [6, 6.07) is 9.51. The molecule has 3 nitrogen and oxygen atoms in total. The molecule has 0 spiro atoms. The van der Waals surface area contributed by atoms with E-state index >= 15 is 0 Å².